The molecule has 0 saturated carbocycles. The number of nitrogens with one attached hydrogen (secondary N) is 1. The van der Waals surface area contributed by atoms with Gasteiger partial charge in [-0.3, -0.25) is 0 Å². The molecule has 1 rings (SSSR count). The van der Waals surface area contributed by atoms with Gasteiger partial charge in [0.1, 0.15) is 11.6 Å². The van der Waals surface area contributed by atoms with Gasteiger partial charge in [-0.1, -0.05) is 11.6 Å². The molecule has 1 atom stereocenters. The highest BCUT2D eigenvalue weighted by atomic mass is 35.5. The summed E-state index contributed by atoms with van der Waals surface area (Å²) in [6, 6.07) is 1.80. The van der Waals surface area contributed by atoms with Crippen molar-refractivity contribution in [2.24, 2.45) is 0 Å². The molecule has 0 amide bonds. The molecule has 0 aliphatic rings. The Bertz CT molecular complexity index is 333. The lowest BCUT2D eigenvalue weighted by molar-refractivity contribution is 0.172. The van der Waals surface area contributed by atoms with Gasteiger partial charge in [0.15, 0.2) is 0 Å². The van der Waals surface area contributed by atoms with E-state index in [9.17, 15) is 13.9 Å². The van der Waals surface area contributed by atoms with E-state index in [1.54, 1.807) is 7.05 Å². The second kappa shape index (κ2) is 4.68. The first-order valence-corrected chi connectivity index (χ1v) is 4.41. The summed E-state index contributed by atoms with van der Waals surface area (Å²) in [6.45, 7) is 0.136. The van der Waals surface area contributed by atoms with Crippen molar-refractivity contribution in [3.8, 4) is 0 Å². The average Bonchev–Trinajstić information content (AvgIpc) is 2.11. The summed E-state index contributed by atoms with van der Waals surface area (Å²) >= 11 is 5.42. The standard InChI is InChI=1S/C9H10ClF2NO/c1-13-4-8(14)6-2-5(11)3-7(10)9(6)12/h2-3,8,13-14H,4H2,1H3. The van der Waals surface area contributed by atoms with Gasteiger partial charge >= 0.3 is 0 Å². The van der Waals surface area contributed by atoms with Crippen LogP contribution in [-0.4, -0.2) is 18.7 Å². The maximum Gasteiger partial charge on any atom is 0.147 e. The second-order valence-electron chi connectivity index (χ2n) is 2.86. The summed E-state index contributed by atoms with van der Waals surface area (Å²) in [6.07, 6.45) is -1.10. The van der Waals surface area contributed by atoms with Gasteiger partial charge in [0, 0.05) is 12.1 Å². The predicted octanol–water partition coefficient (Wildman–Crippen LogP) is 1.87. The van der Waals surface area contributed by atoms with Crippen LogP contribution in [0.5, 0.6) is 0 Å². The van der Waals surface area contributed by atoms with Crippen molar-refractivity contribution in [2.45, 2.75) is 6.10 Å². The molecule has 2 nitrogen and oxygen atoms in total. The molecule has 0 fully saturated rings. The van der Waals surface area contributed by atoms with E-state index in [0.29, 0.717) is 0 Å². The molecular formula is C9H10ClF2NO. The minimum atomic E-state index is -1.10. The number of benzene rings is 1. The Morgan fingerprint density at radius 1 is 1.50 bits per heavy atom. The molecule has 0 aliphatic heterocycles. The van der Waals surface area contributed by atoms with Crippen LogP contribution in [0, 0.1) is 11.6 Å². The van der Waals surface area contributed by atoms with Crippen LogP contribution in [0.2, 0.25) is 5.02 Å². The molecule has 0 bridgehead atoms. The molecule has 0 aliphatic carbocycles. The number of aliphatic hydroxyl groups is 1. The van der Waals surface area contributed by atoms with Gasteiger partial charge in [-0.25, -0.2) is 8.78 Å². The Morgan fingerprint density at radius 2 is 2.14 bits per heavy atom. The van der Waals surface area contributed by atoms with Crippen LogP contribution >= 0.6 is 11.6 Å². The summed E-state index contributed by atoms with van der Waals surface area (Å²) in [4.78, 5) is 0. The molecule has 0 spiro atoms. The molecule has 78 valence electrons. The van der Waals surface area contributed by atoms with Crippen molar-refractivity contribution in [1.82, 2.24) is 5.32 Å². The first-order valence-electron chi connectivity index (χ1n) is 4.03. The van der Waals surface area contributed by atoms with E-state index in [0.717, 1.165) is 12.1 Å². The van der Waals surface area contributed by atoms with E-state index in [1.807, 2.05) is 0 Å². The third kappa shape index (κ3) is 2.41. The molecule has 1 unspecified atom stereocenters. The van der Waals surface area contributed by atoms with Crippen molar-refractivity contribution >= 4 is 11.6 Å². The molecule has 14 heavy (non-hydrogen) atoms. The maximum absolute atomic E-state index is 13.3. The van der Waals surface area contributed by atoms with E-state index >= 15 is 0 Å². The monoisotopic (exact) mass is 221 g/mol. The number of aliphatic hydroxyl groups excluding tert-OH is 1. The topological polar surface area (TPSA) is 32.3 Å². The van der Waals surface area contributed by atoms with Crippen LogP contribution in [-0.2, 0) is 0 Å². The summed E-state index contributed by atoms with van der Waals surface area (Å²) in [5.74, 6) is -1.45. The highest BCUT2D eigenvalue weighted by Gasteiger charge is 2.16. The molecule has 0 aromatic heterocycles. The first-order chi connectivity index (χ1) is 6.56. The normalized spacial score (nSPS) is 12.9. The zero-order chi connectivity index (χ0) is 10.7. The third-order valence-electron chi connectivity index (χ3n) is 1.78. The van der Waals surface area contributed by atoms with Crippen molar-refractivity contribution in [2.75, 3.05) is 13.6 Å². The fraction of sp³-hybridized carbons (Fsp3) is 0.333. The minimum absolute atomic E-state index is 0.135. The fourth-order valence-electron chi connectivity index (χ4n) is 1.12. The van der Waals surface area contributed by atoms with Gasteiger partial charge in [0.2, 0.25) is 0 Å². The Hall–Kier alpha value is -0.710. The highest BCUT2D eigenvalue weighted by Crippen LogP contribution is 2.24. The van der Waals surface area contributed by atoms with E-state index in [-0.39, 0.29) is 17.1 Å². The number of hydrogen-bond acceptors (Lipinski definition) is 2. The first kappa shape index (κ1) is 11.4. The SMILES string of the molecule is CNCC(O)c1cc(F)cc(Cl)c1F. The molecule has 1 aromatic rings. The average molecular weight is 222 g/mol. The van der Waals surface area contributed by atoms with Gasteiger partial charge in [0.25, 0.3) is 0 Å². The van der Waals surface area contributed by atoms with E-state index < -0.39 is 17.7 Å². The van der Waals surface area contributed by atoms with Crippen molar-refractivity contribution < 1.29 is 13.9 Å². The Kier molecular flexibility index (Phi) is 3.80. The van der Waals surface area contributed by atoms with Gasteiger partial charge in [-0.05, 0) is 19.2 Å². The Labute approximate surface area is 85.5 Å². The number of likely N-dealkylation sites (N-methyl/N-ethyl adjacent to an activating group) is 1. The number of hydrogen-bond donors (Lipinski definition) is 2. The van der Waals surface area contributed by atoms with Crippen LogP contribution in [0.3, 0.4) is 0 Å². The molecule has 2 N–H and O–H groups in total. The van der Waals surface area contributed by atoms with Crippen LogP contribution in [0.4, 0.5) is 8.78 Å². The Morgan fingerprint density at radius 3 is 2.71 bits per heavy atom. The van der Waals surface area contributed by atoms with Gasteiger partial charge in [0.05, 0.1) is 11.1 Å². The number of halogens is 3. The predicted molar refractivity (Wildman–Crippen MR) is 50.3 cm³/mol. The van der Waals surface area contributed by atoms with Gasteiger partial charge < -0.3 is 10.4 Å². The molecule has 0 saturated heterocycles. The highest BCUT2D eigenvalue weighted by molar-refractivity contribution is 6.30. The lowest BCUT2D eigenvalue weighted by atomic mass is 10.1. The second-order valence-corrected chi connectivity index (χ2v) is 3.27. The number of rotatable bonds is 3. The van der Waals surface area contributed by atoms with Crippen LogP contribution in [0.25, 0.3) is 0 Å². The third-order valence-corrected chi connectivity index (χ3v) is 2.05. The van der Waals surface area contributed by atoms with Crippen LogP contribution in [0.1, 0.15) is 11.7 Å². The van der Waals surface area contributed by atoms with Crippen molar-refractivity contribution in [3.05, 3.63) is 34.4 Å². The van der Waals surface area contributed by atoms with Crippen molar-refractivity contribution in [1.29, 1.82) is 0 Å². The zero-order valence-electron chi connectivity index (χ0n) is 7.52. The van der Waals surface area contributed by atoms with Crippen molar-refractivity contribution in [3.63, 3.8) is 0 Å². The molecular weight excluding hydrogens is 212 g/mol. The summed E-state index contributed by atoms with van der Waals surface area (Å²) in [7, 11) is 1.60. The quantitative estimate of drug-likeness (QED) is 0.764. The van der Waals surface area contributed by atoms with Gasteiger partial charge in [-0.2, -0.15) is 0 Å². The van der Waals surface area contributed by atoms with Gasteiger partial charge in [-0.15, -0.1) is 0 Å². The van der Waals surface area contributed by atoms with E-state index in [1.165, 1.54) is 0 Å². The molecule has 5 heteroatoms. The molecule has 0 radical (unpaired) electrons. The summed E-state index contributed by atoms with van der Waals surface area (Å²) in [5.41, 5.74) is -0.135. The van der Waals surface area contributed by atoms with Crippen LogP contribution < -0.4 is 5.32 Å². The Balaban J connectivity index is 3.07. The van der Waals surface area contributed by atoms with E-state index in [2.05, 4.69) is 5.32 Å². The largest absolute Gasteiger partial charge is 0.387 e. The smallest absolute Gasteiger partial charge is 0.147 e. The summed E-state index contributed by atoms with van der Waals surface area (Å²) < 4.78 is 26.1. The fourth-order valence-corrected chi connectivity index (χ4v) is 1.34. The minimum Gasteiger partial charge on any atom is -0.387 e. The maximum atomic E-state index is 13.3. The molecule has 1 aromatic carbocycles. The van der Waals surface area contributed by atoms with Crippen LogP contribution in [0.15, 0.2) is 12.1 Å². The lowest BCUT2D eigenvalue weighted by Crippen LogP contribution is -2.18. The van der Waals surface area contributed by atoms with E-state index in [4.69, 9.17) is 11.6 Å². The summed E-state index contributed by atoms with van der Waals surface area (Å²) in [5, 5.41) is 11.7. The molecule has 0 heterocycles. The lowest BCUT2D eigenvalue weighted by Gasteiger charge is -2.12. The zero-order valence-corrected chi connectivity index (χ0v) is 8.28.